The van der Waals surface area contributed by atoms with Crippen molar-refractivity contribution in [3.05, 3.63) is 63.9 Å². The summed E-state index contributed by atoms with van der Waals surface area (Å²) >= 11 is 12.3. The lowest BCUT2D eigenvalue weighted by molar-refractivity contribution is 0.0776. The van der Waals surface area contributed by atoms with Gasteiger partial charge in [0.05, 0.1) is 28.4 Å². The van der Waals surface area contributed by atoms with Crippen LogP contribution in [0.2, 0.25) is 10.0 Å². The molecule has 10 heteroatoms. The quantitative estimate of drug-likeness (QED) is 0.605. The van der Waals surface area contributed by atoms with Crippen LogP contribution in [0.5, 0.6) is 5.75 Å². The first kappa shape index (κ1) is 21.5. The van der Waals surface area contributed by atoms with Gasteiger partial charge in [-0.3, -0.25) is 4.79 Å². The van der Waals surface area contributed by atoms with Crippen LogP contribution >= 0.6 is 23.2 Å². The Morgan fingerprint density at radius 2 is 2.06 bits per heavy atom. The lowest BCUT2D eigenvalue weighted by Crippen LogP contribution is -2.35. The van der Waals surface area contributed by atoms with Crippen molar-refractivity contribution >= 4 is 29.1 Å². The predicted molar refractivity (Wildman–Crippen MR) is 116 cm³/mol. The first-order valence-corrected chi connectivity index (χ1v) is 10.5. The number of hydrogen-bond donors (Lipinski definition) is 1. The van der Waals surface area contributed by atoms with E-state index in [0.717, 1.165) is 5.56 Å². The van der Waals surface area contributed by atoms with Gasteiger partial charge in [-0.25, -0.2) is 4.68 Å². The molecule has 31 heavy (non-hydrogen) atoms. The van der Waals surface area contributed by atoms with Gasteiger partial charge in [0.25, 0.3) is 5.91 Å². The molecule has 2 aromatic carbocycles. The van der Waals surface area contributed by atoms with E-state index in [9.17, 15) is 9.90 Å². The number of methoxy groups -OCH3 is 1. The summed E-state index contributed by atoms with van der Waals surface area (Å²) in [6, 6.07) is 10.7. The van der Waals surface area contributed by atoms with E-state index >= 15 is 0 Å². The van der Waals surface area contributed by atoms with Gasteiger partial charge in [-0.15, -0.1) is 5.10 Å². The third-order valence-electron chi connectivity index (χ3n) is 5.79. The van der Waals surface area contributed by atoms with Gasteiger partial charge in [-0.2, -0.15) is 0 Å². The maximum absolute atomic E-state index is 13.5. The summed E-state index contributed by atoms with van der Waals surface area (Å²) < 4.78 is 6.91. The number of aromatic nitrogens is 4. The highest BCUT2D eigenvalue weighted by Crippen LogP contribution is 2.40. The molecule has 0 bridgehead atoms. The number of amides is 1. The molecule has 1 aliphatic heterocycles. The number of aliphatic hydroxyl groups excluding tert-OH is 1. The van der Waals surface area contributed by atoms with Gasteiger partial charge in [0.1, 0.15) is 12.1 Å². The summed E-state index contributed by atoms with van der Waals surface area (Å²) in [5, 5.41) is 21.8. The number of likely N-dealkylation sites (tertiary alicyclic amines) is 1. The van der Waals surface area contributed by atoms with E-state index < -0.39 is 5.41 Å². The van der Waals surface area contributed by atoms with E-state index in [-0.39, 0.29) is 12.5 Å². The van der Waals surface area contributed by atoms with Gasteiger partial charge in [0, 0.05) is 25.1 Å². The number of benzene rings is 2. The number of hydrogen-bond acceptors (Lipinski definition) is 6. The van der Waals surface area contributed by atoms with Gasteiger partial charge in [-0.05, 0) is 59.2 Å². The summed E-state index contributed by atoms with van der Waals surface area (Å²) in [6.45, 7) is 0.986. The number of aliphatic hydroxyl groups is 1. The van der Waals surface area contributed by atoms with Gasteiger partial charge in [0.2, 0.25) is 0 Å². The molecule has 0 saturated carbocycles. The first-order chi connectivity index (χ1) is 15.0. The fourth-order valence-corrected chi connectivity index (χ4v) is 4.42. The van der Waals surface area contributed by atoms with Crippen LogP contribution in [-0.2, 0) is 5.41 Å². The Labute approximate surface area is 189 Å². The van der Waals surface area contributed by atoms with Crippen molar-refractivity contribution in [3.63, 3.8) is 0 Å². The molecule has 2 heterocycles. The maximum atomic E-state index is 13.5. The van der Waals surface area contributed by atoms with Crippen molar-refractivity contribution in [1.82, 2.24) is 25.1 Å². The fourth-order valence-electron chi connectivity index (χ4n) is 4.13. The first-order valence-electron chi connectivity index (χ1n) is 9.74. The highest BCUT2D eigenvalue weighted by molar-refractivity contribution is 6.42. The fraction of sp³-hybridized carbons (Fsp3) is 0.333. The van der Waals surface area contributed by atoms with E-state index in [1.165, 1.54) is 18.1 Å². The highest BCUT2D eigenvalue weighted by Gasteiger charge is 2.41. The molecule has 3 aromatic rings. The number of halogens is 2. The van der Waals surface area contributed by atoms with Crippen LogP contribution in [0.25, 0.3) is 5.69 Å². The molecule has 162 valence electrons. The zero-order valence-corrected chi connectivity index (χ0v) is 18.3. The van der Waals surface area contributed by atoms with Crippen LogP contribution < -0.4 is 4.74 Å². The molecule has 0 radical (unpaired) electrons. The third-order valence-corrected chi connectivity index (χ3v) is 6.53. The number of ether oxygens (including phenoxy) is 1. The van der Waals surface area contributed by atoms with Crippen LogP contribution in [0.15, 0.2) is 42.7 Å². The lowest BCUT2D eigenvalue weighted by Gasteiger charge is -2.30. The monoisotopic (exact) mass is 461 g/mol. The second-order valence-corrected chi connectivity index (χ2v) is 8.31. The molecule has 1 fully saturated rings. The van der Waals surface area contributed by atoms with Gasteiger partial charge < -0.3 is 14.7 Å². The van der Waals surface area contributed by atoms with Crippen molar-refractivity contribution in [3.8, 4) is 11.4 Å². The van der Waals surface area contributed by atoms with Gasteiger partial charge >= 0.3 is 0 Å². The smallest absolute Gasteiger partial charge is 0.257 e. The van der Waals surface area contributed by atoms with E-state index in [0.29, 0.717) is 53.0 Å². The SMILES string of the molecule is COc1ccc(-n2cnnn2)cc1C(=O)N1CCC(CCO)(c2ccc(Cl)c(Cl)c2)C1. The Balaban J connectivity index is 1.65. The molecule has 1 aromatic heterocycles. The topological polar surface area (TPSA) is 93.4 Å². The minimum absolute atomic E-state index is 0.000378. The van der Waals surface area contributed by atoms with Crippen molar-refractivity contribution in [1.29, 1.82) is 0 Å². The number of rotatable bonds is 6. The second-order valence-electron chi connectivity index (χ2n) is 7.50. The molecule has 1 unspecified atom stereocenters. The molecule has 1 N–H and O–H groups in total. The van der Waals surface area contributed by atoms with Crippen LogP contribution in [0.3, 0.4) is 0 Å². The van der Waals surface area contributed by atoms with Gasteiger partial charge in [0.15, 0.2) is 0 Å². The molecule has 0 aliphatic carbocycles. The van der Waals surface area contributed by atoms with Crippen molar-refractivity contribution in [2.75, 3.05) is 26.8 Å². The maximum Gasteiger partial charge on any atom is 0.257 e. The minimum atomic E-state index is -0.403. The number of tetrazole rings is 1. The van der Waals surface area contributed by atoms with Gasteiger partial charge in [-0.1, -0.05) is 29.3 Å². The largest absolute Gasteiger partial charge is 0.496 e. The Hall–Kier alpha value is -2.68. The Morgan fingerprint density at radius 1 is 1.23 bits per heavy atom. The minimum Gasteiger partial charge on any atom is -0.496 e. The summed E-state index contributed by atoms with van der Waals surface area (Å²) in [4.78, 5) is 15.2. The van der Waals surface area contributed by atoms with Crippen molar-refractivity contribution in [2.45, 2.75) is 18.3 Å². The van der Waals surface area contributed by atoms with Crippen molar-refractivity contribution in [2.24, 2.45) is 0 Å². The molecular weight excluding hydrogens is 441 g/mol. The molecular formula is C21H21Cl2N5O3. The normalized spacial score (nSPS) is 18.4. The van der Waals surface area contributed by atoms with E-state index in [1.54, 1.807) is 29.2 Å². The van der Waals surface area contributed by atoms with Crippen molar-refractivity contribution < 1.29 is 14.6 Å². The molecule has 1 atom stereocenters. The molecule has 1 saturated heterocycles. The van der Waals surface area contributed by atoms with Crippen LogP contribution in [-0.4, -0.2) is 62.9 Å². The zero-order valence-electron chi connectivity index (χ0n) is 16.8. The summed E-state index contributed by atoms with van der Waals surface area (Å²) in [5.74, 6) is 0.308. The van der Waals surface area contributed by atoms with Crippen LogP contribution in [0.4, 0.5) is 0 Å². The third kappa shape index (κ3) is 4.11. The molecule has 0 spiro atoms. The lowest BCUT2D eigenvalue weighted by atomic mass is 9.77. The number of carbonyl (C=O) groups excluding carboxylic acids is 1. The van der Waals surface area contributed by atoms with Crippen LogP contribution in [0, 0.1) is 0 Å². The number of nitrogens with zero attached hydrogens (tertiary/aromatic N) is 5. The van der Waals surface area contributed by atoms with E-state index in [2.05, 4.69) is 15.5 Å². The van der Waals surface area contributed by atoms with E-state index in [1.807, 2.05) is 12.1 Å². The number of carbonyl (C=O) groups is 1. The molecule has 8 nitrogen and oxygen atoms in total. The molecule has 4 rings (SSSR count). The average molecular weight is 462 g/mol. The predicted octanol–water partition coefficient (Wildman–Crippen LogP) is 3.14. The standard InChI is InChI=1S/C21H21Cl2N5O3/c1-31-19-5-3-15(28-13-24-25-26-28)11-16(19)20(30)27-8-6-21(12-27,7-9-29)14-2-4-17(22)18(23)10-14/h2-5,10-11,13,29H,6-9,12H2,1H3. The zero-order chi connectivity index (χ0) is 22.0. The summed E-state index contributed by atoms with van der Waals surface area (Å²) in [6.07, 6.45) is 2.67. The molecule has 1 aliphatic rings. The Morgan fingerprint density at radius 3 is 2.74 bits per heavy atom. The van der Waals surface area contributed by atoms with Crippen LogP contribution in [0.1, 0.15) is 28.8 Å². The Kier molecular flexibility index (Phi) is 6.13. The molecule has 1 amide bonds. The Bertz CT molecular complexity index is 1090. The second kappa shape index (κ2) is 8.82. The summed E-state index contributed by atoms with van der Waals surface area (Å²) in [7, 11) is 1.53. The average Bonchev–Trinajstić information content (AvgIpc) is 3.46. The summed E-state index contributed by atoms with van der Waals surface area (Å²) in [5.41, 5.74) is 1.63. The highest BCUT2D eigenvalue weighted by atomic mass is 35.5. The van der Waals surface area contributed by atoms with E-state index in [4.69, 9.17) is 27.9 Å².